The summed E-state index contributed by atoms with van der Waals surface area (Å²) in [5.41, 5.74) is 0.452. The first kappa shape index (κ1) is 15.6. The molecule has 1 heterocycles. The van der Waals surface area contributed by atoms with Crippen molar-refractivity contribution in [2.45, 2.75) is 18.9 Å². The van der Waals surface area contributed by atoms with Crippen molar-refractivity contribution < 1.29 is 13.2 Å². The molecule has 1 aromatic carbocycles. The minimum Gasteiger partial charge on any atom is -0.325 e. The standard InChI is InChI=1S/C12H14Cl2N2O3S/c1-20(18,19)16-4-2-3-11(16)12(17)15-10-6-8(13)5-9(14)7-10/h5-7,11H,2-4H2,1H3,(H,15,17)/t11-/m0/s1. The van der Waals surface area contributed by atoms with Gasteiger partial charge in [0.1, 0.15) is 6.04 Å². The Morgan fingerprint density at radius 2 is 1.90 bits per heavy atom. The molecule has 0 aliphatic carbocycles. The van der Waals surface area contributed by atoms with Crippen molar-refractivity contribution in [2.75, 3.05) is 18.1 Å². The minimum atomic E-state index is -3.38. The van der Waals surface area contributed by atoms with Crippen LogP contribution in [-0.2, 0) is 14.8 Å². The molecule has 0 unspecified atom stereocenters. The quantitative estimate of drug-likeness (QED) is 0.921. The van der Waals surface area contributed by atoms with Crippen LogP contribution in [0.3, 0.4) is 0 Å². The fourth-order valence-electron chi connectivity index (χ4n) is 2.25. The highest BCUT2D eigenvalue weighted by Gasteiger charge is 2.36. The fourth-order valence-corrected chi connectivity index (χ4v) is 3.90. The third-order valence-corrected chi connectivity index (χ3v) is 4.79. The molecule has 0 aromatic heterocycles. The Bertz CT molecular complexity index is 613. The maximum absolute atomic E-state index is 12.2. The predicted molar refractivity (Wildman–Crippen MR) is 79.7 cm³/mol. The first-order chi connectivity index (χ1) is 9.27. The second-order valence-corrected chi connectivity index (χ2v) is 7.49. The molecule has 0 radical (unpaired) electrons. The van der Waals surface area contributed by atoms with Crippen molar-refractivity contribution in [3.63, 3.8) is 0 Å². The van der Waals surface area contributed by atoms with E-state index in [1.54, 1.807) is 18.2 Å². The smallest absolute Gasteiger partial charge is 0.242 e. The van der Waals surface area contributed by atoms with E-state index in [1.165, 1.54) is 4.31 Å². The molecule has 0 bridgehead atoms. The Morgan fingerprint density at radius 3 is 2.45 bits per heavy atom. The molecule has 1 fully saturated rings. The van der Waals surface area contributed by atoms with Crippen LogP contribution in [0.2, 0.25) is 10.0 Å². The Labute approximate surface area is 127 Å². The zero-order valence-corrected chi connectivity index (χ0v) is 13.1. The van der Waals surface area contributed by atoms with Crippen LogP contribution < -0.4 is 5.32 Å². The summed E-state index contributed by atoms with van der Waals surface area (Å²) >= 11 is 11.7. The Morgan fingerprint density at radius 1 is 1.30 bits per heavy atom. The van der Waals surface area contributed by atoms with Crippen molar-refractivity contribution in [1.29, 1.82) is 0 Å². The van der Waals surface area contributed by atoms with Gasteiger partial charge in [0.05, 0.1) is 6.26 Å². The van der Waals surface area contributed by atoms with Gasteiger partial charge in [0.2, 0.25) is 15.9 Å². The van der Waals surface area contributed by atoms with Crippen molar-refractivity contribution in [3.05, 3.63) is 28.2 Å². The number of carbonyl (C=O) groups excluding carboxylic acids is 1. The number of sulfonamides is 1. The molecule has 1 aromatic rings. The number of benzene rings is 1. The van der Waals surface area contributed by atoms with Gasteiger partial charge in [-0.15, -0.1) is 0 Å². The van der Waals surface area contributed by atoms with Gasteiger partial charge in [0, 0.05) is 22.3 Å². The van der Waals surface area contributed by atoms with Crippen molar-refractivity contribution in [1.82, 2.24) is 4.31 Å². The summed E-state index contributed by atoms with van der Waals surface area (Å²) in [5.74, 6) is -0.369. The van der Waals surface area contributed by atoms with Crippen LogP contribution in [0.25, 0.3) is 0 Å². The van der Waals surface area contributed by atoms with Gasteiger partial charge >= 0.3 is 0 Å². The Kier molecular flexibility index (Phi) is 4.59. The molecule has 5 nitrogen and oxygen atoms in total. The lowest BCUT2D eigenvalue weighted by atomic mass is 10.2. The number of hydrogen-bond donors (Lipinski definition) is 1. The summed E-state index contributed by atoms with van der Waals surface area (Å²) < 4.78 is 24.4. The van der Waals surface area contributed by atoms with E-state index in [1.807, 2.05) is 0 Å². The largest absolute Gasteiger partial charge is 0.325 e. The summed E-state index contributed by atoms with van der Waals surface area (Å²) in [6, 6.07) is 4.00. The van der Waals surface area contributed by atoms with E-state index in [4.69, 9.17) is 23.2 Å². The third-order valence-electron chi connectivity index (χ3n) is 3.06. The van der Waals surface area contributed by atoms with Crippen molar-refractivity contribution in [3.8, 4) is 0 Å². The molecule has 1 aliphatic rings. The number of hydrogen-bond acceptors (Lipinski definition) is 3. The first-order valence-electron chi connectivity index (χ1n) is 6.01. The summed E-state index contributed by atoms with van der Waals surface area (Å²) in [4.78, 5) is 12.2. The van der Waals surface area contributed by atoms with Crippen LogP contribution in [-0.4, -0.2) is 37.5 Å². The zero-order chi connectivity index (χ0) is 14.9. The van der Waals surface area contributed by atoms with E-state index in [0.29, 0.717) is 35.1 Å². The normalized spacial score (nSPS) is 20.1. The van der Waals surface area contributed by atoms with Crippen LogP contribution in [0.4, 0.5) is 5.69 Å². The van der Waals surface area contributed by atoms with Crippen LogP contribution in [0, 0.1) is 0 Å². The average molecular weight is 337 g/mol. The minimum absolute atomic E-state index is 0.368. The first-order valence-corrected chi connectivity index (χ1v) is 8.61. The van der Waals surface area contributed by atoms with E-state index in [0.717, 1.165) is 6.26 Å². The van der Waals surface area contributed by atoms with Gasteiger partial charge in [-0.3, -0.25) is 4.79 Å². The van der Waals surface area contributed by atoms with Gasteiger partial charge in [-0.2, -0.15) is 4.31 Å². The highest BCUT2D eigenvalue weighted by molar-refractivity contribution is 7.88. The number of carbonyl (C=O) groups is 1. The molecular weight excluding hydrogens is 323 g/mol. The Balaban J connectivity index is 2.15. The molecule has 8 heteroatoms. The number of halogens is 2. The Hall–Kier alpha value is -0.820. The molecule has 110 valence electrons. The molecule has 1 aliphatic heterocycles. The van der Waals surface area contributed by atoms with Gasteiger partial charge in [-0.05, 0) is 31.0 Å². The second kappa shape index (κ2) is 5.89. The van der Waals surface area contributed by atoms with Gasteiger partial charge in [0.15, 0.2) is 0 Å². The molecule has 1 N–H and O–H groups in total. The molecule has 20 heavy (non-hydrogen) atoms. The molecule has 0 spiro atoms. The zero-order valence-electron chi connectivity index (χ0n) is 10.8. The van der Waals surface area contributed by atoms with Gasteiger partial charge in [-0.25, -0.2) is 8.42 Å². The van der Waals surface area contributed by atoms with Gasteiger partial charge < -0.3 is 5.32 Å². The summed E-state index contributed by atoms with van der Waals surface area (Å²) in [6.07, 6.45) is 2.28. The second-order valence-electron chi connectivity index (χ2n) is 4.68. The maximum atomic E-state index is 12.2. The van der Waals surface area contributed by atoms with Crippen LogP contribution in [0.15, 0.2) is 18.2 Å². The monoisotopic (exact) mass is 336 g/mol. The summed E-state index contributed by atoms with van der Waals surface area (Å²) in [5, 5.41) is 3.46. The fraction of sp³-hybridized carbons (Fsp3) is 0.417. The van der Waals surface area contributed by atoms with Crippen LogP contribution >= 0.6 is 23.2 Å². The molecular formula is C12H14Cl2N2O3S. The average Bonchev–Trinajstić information content (AvgIpc) is 2.75. The van der Waals surface area contributed by atoms with E-state index in [-0.39, 0.29) is 5.91 Å². The molecule has 1 atom stereocenters. The molecule has 2 rings (SSSR count). The highest BCUT2D eigenvalue weighted by atomic mass is 35.5. The van der Waals surface area contributed by atoms with Gasteiger partial charge in [0.25, 0.3) is 0 Å². The van der Waals surface area contributed by atoms with E-state index in [9.17, 15) is 13.2 Å². The lowest BCUT2D eigenvalue weighted by Gasteiger charge is -2.21. The SMILES string of the molecule is CS(=O)(=O)N1CCC[C@H]1C(=O)Nc1cc(Cl)cc(Cl)c1. The topological polar surface area (TPSA) is 66.5 Å². The lowest BCUT2D eigenvalue weighted by molar-refractivity contribution is -0.119. The van der Waals surface area contributed by atoms with Crippen molar-refractivity contribution >= 4 is 44.8 Å². The van der Waals surface area contributed by atoms with Crippen molar-refractivity contribution in [2.24, 2.45) is 0 Å². The number of anilines is 1. The van der Waals surface area contributed by atoms with Crippen LogP contribution in [0.5, 0.6) is 0 Å². The lowest BCUT2D eigenvalue weighted by Crippen LogP contribution is -2.42. The van der Waals surface area contributed by atoms with Crippen LogP contribution in [0.1, 0.15) is 12.8 Å². The van der Waals surface area contributed by atoms with Gasteiger partial charge in [-0.1, -0.05) is 23.2 Å². The summed E-state index contributed by atoms with van der Waals surface area (Å²) in [6.45, 7) is 0.368. The maximum Gasteiger partial charge on any atom is 0.242 e. The third kappa shape index (κ3) is 3.63. The molecule has 1 saturated heterocycles. The predicted octanol–water partition coefficient (Wildman–Crippen LogP) is 2.36. The molecule has 1 amide bonds. The van der Waals surface area contributed by atoms with E-state index in [2.05, 4.69) is 5.32 Å². The number of amides is 1. The highest BCUT2D eigenvalue weighted by Crippen LogP contribution is 2.25. The number of rotatable bonds is 3. The number of nitrogens with one attached hydrogen (secondary N) is 1. The molecule has 0 saturated carbocycles. The van der Waals surface area contributed by atoms with E-state index < -0.39 is 16.1 Å². The van der Waals surface area contributed by atoms with E-state index >= 15 is 0 Å². The number of nitrogens with zero attached hydrogens (tertiary/aromatic N) is 1. The summed E-state index contributed by atoms with van der Waals surface area (Å²) in [7, 11) is -3.38.